The van der Waals surface area contributed by atoms with Crippen molar-refractivity contribution >= 4 is 17.8 Å². The first-order chi connectivity index (χ1) is 17.5. The average molecular weight is 501 g/mol. The van der Waals surface area contributed by atoms with Crippen LogP contribution in [0.2, 0.25) is 0 Å². The zero-order chi connectivity index (χ0) is 25.8. The summed E-state index contributed by atoms with van der Waals surface area (Å²) < 4.78 is 11.1. The van der Waals surface area contributed by atoms with Gasteiger partial charge in [-0.25, -0.2) is 4.79 Å². The van der Waals surface area contributed by atoms with Crippen molar-refractivity contribution < 1.29 is 23.9 Å². The van der Waals surface area contributed by atoms with Crippen LogP contribution in [0.25, 0.3) is 0 Å². The second kappa shape index (κ2) is 15.0. The molecule has 1 aromatic carbocycles. The lowest BCUT2D eigenvalue weighted by atomic mass is 10.0. The Kier molecular flexibility index (Phi) is 11.7. The smallest absolute Gasteiger partial charge is 0.329 e. The van der Waals surface area contributed by atoms with Gasteiger partial charge in [-0.3, -0.25) is 14.9 Å². The van der Waals surface area contributed by atoms with Crippen LogP contribution in [0.15, 0.2) is 30.3 Å². The summed E-state index contributed by atoms with van der Waals surface area (Å²) >= 11 is 0. The highest BCUT2D eigenvalue weighted by atomic mass is 16.6. The topological polar surface area (TPSA) is 84.9 Å². The molecule has 1 aromatic rings. The minimum Gasteiger partial charge on any atom is -0.461 e. The molecule has 3 rings (SSSR count). The largest absolute Gasteiger partial charge is 0.461 e. The molecule has 1 amide bonds. The monoisotopic (exact) mass is 500 g/mol. The summed E-state index contributed by atoms with van der Waals surface area (Å²) in [5.41, 5.74) is 0.915. The molecule has 7 heteroatoms. The van der Waals surface area contributed by atoms with Gasteiger partial charge < -0.3 is 14.4 Å². The van der Waals surface area contributed by atoms with Crippen LogP contribution in [0, 0.1) is 0 Å². The van der Waals surface area contributed by atoms with Crippen molar-refractivity contribution in [3.8, 4) is 0 Å². The van der Waals surface area contributed by atoms with Crippen LogP contribution in [-0.4, -0.2) is 53.5 Å². The fourth-order valence-electron chi connectivity index (χ4n) is 5.19. The van der Waals surface area contributed by atoms with Crippen molar-refractivity contribution in [1.29, 1.82) is 0 Å². The van der Waals surface area contributed by atoms with E-state index in [-0.39, 0.29) is 30.6 Å². The molecule has 0 aromatic heterocycles. The molecule has 2 fully saturated rings. The van der Waals surface area contributed by atoms with Gasteiger partial charge in [0.1, 0.15) is 24.8 Å². The number of nitrogens with one attached hydrogen (secondary N) is 1. The third kappa shape index (κ3) is 8.61. The molecule has 2 heterocycles. The molecule has 0 radical (unpaired) electrons. The molecule has 2 unspecified atom stereocenters. The summed E-state index contributed by atoms with van der Waals surface area (Å²) in [5.74, 6) is -0.824. The van der Waals surface area contributed by atoms with Crippen LogP contribution in [0.3, 0.4) is 0 Å². The maximum Gasteiger partial charge on any atom is 0.329 e. The number of hydrogen-bond acceptors (Lipinski definition) is 6. The summed E-state index contributed by atoms with van der Waals surface area (Å²) in [6, 6.07) is 7.89. The number of unbranched alkanes of at least 4 members (excludes halogenated alkanes) is 7. The SMILES string of the molecule is CCCCCCCCCCC1CC(N[C@@H](C)C(=O)N2CCC[C@H]2C(=O)OCc2ccccc2)C(=O)O1. The van der Waals surface area contributed by atoms with Gasteiger partial charge in [0.2, 0.25) is 5.91 Å². The number of nitrogens with zero attached hydrogens (tertiary/aromatic N) is 1. The number of ether oxygens (including phenoxy) is 2. The highest BCUT2D eigenvalue weighted by Crippen LogP contribution is 2.23. The van der Waals surface area contributed by atoms with Gasteiger partial charge >= 0.3 is 11.9 Å². The fourth-order valence-corrected chi connectivity index (χ4v) is 5.19. The van der Waals surface area contributed by atoms with E-state index in [9.17, 15) is 14.4 Å². The van der Waals surface area contributed by atoms with Gasteiger partial charge in [0, 0.05) is 13.0 Å². The molecule has 7 nitrogen and oxygen atoms in total. The van der Waals surface area contributed by atoms with E-state index < -0.39 is 18.1 Å². The number of cyclic esters (lactones) is 1. The van der Waals surface area contributed by atoms with Crippen molar-refractivity contribution in [3.63, 3.8) is 0 Å². The quantitative estimate of drug-likeness (QED) is 0.272. The van der Waals surface area contributed by atoms with Crippen LogP contribution in [-0.2, 0) is 30.5 Å². The highest BCUT2D eigenvalue weighted by Gasteiger charge is 2.40. The lowest BCUT2D eigenvalue weighted by molar-refractivity contribution is -0.155. The molecule has 36 heavy (non-hydrogen) atoms. The van der Waals surface area contributed by atoms with Crippen molar-refractivity contribution in [2.24, 2.45) is 0 Å². The van der Waals surface area contributed by atoms with Crippen LogP contribution >= 0.6 is 0 Å². The second-order valence-electron chi connectivity index (χ2n) is 10.3. The fraction of sp³-hybridized carbons (Fsp3) is 0.690. The number of likely N-dealkylation sites (tertiary alicyclic amines) is 1. The minimum atomic E-state index is -0.577. The van der Waals surface area contributed by atoms with E-state index in [2.05, 4.69) is 12.2 Å². The summed E-state index contributed by atoms with van der Waals surface area (Å²) in [6.07, 6.45) is 12.7. The van der Waals surface area contributed by atoms with Crippen molar-refractivity contribution in [1.82, 2.24) is 10.2 Å². The molecule has 4 atom stereocenters. The summed E-state index contributed by atoms with van der Waals surface area (Å²) in [6.45, 7) is 4.70. The van der Waals surface area contributed by atoms with Crippen molar-refractivity contribution in [2.45, 2.75) is 122 Å². The Morgan fingerprint density at radius 2 is 1.78 bits per heavy atom. The van der Waals surface area contributed by atoms with E-state index in [1.165, 1.54) is 44.9 Å². The van der Waals surface area contributed by atoms with Gasteiger partial charge in [0.05, 0.1) is 6.04 Å². The lowest BCUT2D eigenvalue weighted by Gasteiger charge is -2.27. The Morgan fingerprint density at radius 3 is 2.50 bits per heavy atom. The summed E-state index contributed by atoms with van der Waals surface area (Å²) in [7, 11) is 0. The standard InChI is InChI=1S/C29H44N2O5/c1-3-4-5-6-7-8-9-13-17-24-20-25(28(33)36-24)30-22(2)27(32)31-19-14-18-26(31)29(34)35-21-23-15-11-10-12-16-23/h10-12,15-16,22,24-26,30H,3-9,13-14,17-21H2,1-2H3/t22-,24?,25?,26-/m0/s1. The Balaban J connectivity index is 1.38. The van der Waals surface area contributed by atoms with Crippen LogP contribution in [0.1, 0.15) is 96.5 Å². The molecule has 2 aliphatic heterocycles. The maximum atomic E-state index is 13.2. The van der Waals surface area contributed by atoms with Crippen molar-refractivity contribution in [2.75, 3.05) is 6.54 Å². The second-order valence-corrected chi connectivity index (χ2v) is 10.3. The number of esters is 2. The van der Waals surface area contributed by atoms with Gasteiger partial charge in [0.25, 0.3) is 0 Å². The number of hydrogen-bond donors (Lipinski definition) is 1. The zero-order valence-corrected chi connectivity index (χ0v) is 22.1. The predicted molar refractivity (Wildman–Crippen MR) is 139 cm³/mol. The van der Waals surface area contributed by atoms with Gasteiger partial charge in [-0.15, -0.1) is 0 Å². The molecule has 2 aliphatic rings. The average Bonchev–Trinajstić information content (AvgIpc) is 3.51. The third-order valence-corrected chi connectivity index (χ3v) is 7.30. The van der Waals surface area contributed by atoms with E-state index in [1.807, 2.05) is 30.3 Å². The first kappa shape index (κ1) is 28.2. The molecule has 1 N–H and O–H groups in total. The van der Waals surface area contributed by atoms with E-state index >= 15 is 0 Å². The minimum absolute atomic E-state index is 0.0788. The van der Waals surface area contributed by atoms with Gasteiger partial charge in [-0.05, 0) is 38.2 Å². The zero-order valence-electron chi connectivity index (χ0n) is 22.1. The first-order valence-corrected chi connectivity index (χ1v) is 14.0. The highest BCUT2D eigenvalue weighted by molar-refractivity contribution is 5.88. The number of amides is 1. The molecule has 0 bridgehead atoms. The Labute approximate surface area is 216 Å². The maximum absolute atomic E-state index is 13.2. The van der Waals surface area contributed by atoms with Crippen molar-refractivity contribution in [3.05, 3.63) is 35.9 Å². The summed E-state index contributed by atoms with van der Waals surface area (Å²) in [4.78, 5) is 39.9. The number of rotatable bonds is 15. The molecule has 2 saturated heterocycles. The van der Waals surface area contributed by atoms with E-state index in [1.54, 1.807) is 11.8 Å². The van der Waals surface area contributed by atoms with Gasteiger partial charge in [-0.1, -0.05) is 82.2 Å². The normalized spacial score (nSPS) is 22.4. The van der Waals surface area contributed by atoms with E-state index in [0.717, 1.165) is 24.8 Å². The first-order valence-electron chi connectivity index (χ1n) is 14.0. The molecule has 200 valence electrons. The Morgan fingerprint density at radius 1 is 1.08 bits per heavy atom. The number of carbonyl (C=O) groups excluding carboxylic acids is 3. The molecule has 0 saturated carbocycles. The number of benzene rings is 1. The lowest BCUT2D eigenvalue weighted by Crippen LogP contribution is -2.52. The number of carbonyl (C=O) groups is 3. The van der Waals surface area contributed by atoms with Gasteiger partial charge in [-0.2, -0.15) is 0 Å². The third-order valence-electron chi connectivity index (χ3n) is 7.30. The Bertz CT molecular complexity index is 830. The predicted octanol–water partition coefficient (Wildman–Crippen LogP) is 4.91. The molecule has 0 aliphatic carbocycles. The van der Waals surface area contributed by atoms with Crippen LogP contribution < -0.4 is 5.32 Å². The van der Waals surface area contributed by atoms with Gasteiger partial charge in [0.15, 0.2) is 0 Å². The van der Waals surface area contributed by atoms with E-state index in [0.29, 0.717) is 19.4 Å². The molecular formula is C29H44N2O5. The summed E-state index contributed by atoms with van der Waals surface area (Å²) in [5, 5.41) is 3.16. The molecular weight excluding hydrogens is 456 g/mol. The molecule has 0 spiro atoms. The van der Waals surface area contributed by atoms with Crippen LogP contribution in [0.5, 0.6) is 0 Å². The van der Waals surface area contributed by atoms with Crippen LogP contribution in [0.4, 0.5) is 0 Å². The van der Waals surface area contributed by atoms with E-state index in [4.69, 9.17) is 9.47 Å². The Hall–Kier alpha value is -2.41.